The Bertz CT molecular complexity index is 123. The number of hydrogen-bond donors (Lipinski definition) is 2. The van der Waals surface area contributed by atoms with E-state index in [2.05, 4.69) is 4.74 Å². The van der Waals surface area contributed by atoms with Gasteiger partial charge in [-0.2, -0.15) is 0 Å². The molecule has 1 aliphatic rings. The van der Waals surface area contributed by atoms with Crippen molar-refractivity contribution in [2.45, 2.75) is 6.10 Å². The molecule has 0 aromatic rings. The summed E-state index contributed by atoms with van der Waals surface area (Å²) in [6.07, 6.45) is -0.289. The summed E-state index contributed by atoms with van der Waals surface area (Å²) in [6, 6.07) is 0. The van der Waals surface area contributed by atoms with Crippen molar-refractivity contribution >= 4 is 7.60 Å². The summed E-state index contributed by atoms with van der Waals surface area (Å²) in [6.45, 7) is 0.505. The molecule has 0 bridgehead atoms. The molecule has 4 nitrogen and oxygen atoms in total. The maximum Gasteiger partial charge on any atom is 0.328 e. The van der Waals surface area contributed by atoms with Crippen molar-refractivity contribution in [2.75, 3.05) is 12.8 Å². The van der Waals surface area contributed by atoms with Crippen molar-refractivity contribution in [2.24, 2.45) is 0 Å². The zero-order chi connectivity index (χ0) is 6.20. The highest BCUT2D eigenvalue weighted by Gasteiger charge is 2.30. The van der Waals surface area contributed by atoms with E-state index in [0.29, 0.717) is 6.61 Å². The molecular formula is C3H7O4P. The number of rotatable bonds is 2. The highest BCUT2D eigenvalue weighted by Crippen LogP contribution is 2.38. The van der Waals surface area contributed by atoms with E-state index in [0.717, 1.165) is 0 Å². The van der Waals surface area contributed by atoms with Gasteiger partial charge in [-0.3, -0.25) is 4.57 Å². The summed E-state index contributed by atoms with van der Waals surface area (Å²) in [5.74, 6) is 0. The molecule has 1 atom stereocenters. The van der Waals surface area contributed by atoms with Crippen LogP contribution in [0.25, 0.3) is 0 Å². The van der Waals surface area contributed by atoms with Gasteiger partial charge in [-0.25, -0.2) is 0 Å². The fraction of sp³-hybridized carbons (Fsp3) is 1.00. The van der Waals surface area contributed by atoms with Gasteiger partial charge in [0.25, 0.3) is 0 Å². The Morgan fingerprint density at radius 3 is 2.38 bits per heavy atom. The molecule has 5 heteroatoms. The molecule has 1 rings (SSSR count). The smallest absolute Gasteiger partial charge is 0.328 e. The lowest BCUT2D eigenvalue weighted by molar-refractivity contribution is 0.357. The minimum absolute atomic E-state index is 0.118. The van der Waals surface area contributed by atoms with E-state index in [9.17, 15) is 4.57 Å². The molecule has 0 saturated carbocycles. The van der Waals surface area contributed by atoms with E-state index < -0.39 is 7.60 Å². The Morgan fingerprint density at radius 1 is 1.75 bits per heavy atom. The quantitative estimate of drug-likeness (QED) is 0.401. The molecule has 0 aromatic carbocycles. The summed E-state index contributed by atoms with van der Waals surface area (Å²) >= 11 is 0. The lowest BCUT2D eigenvalue weighted by Gasteiger charge is -1.96. The van der Waals surface area contributed by atoms with Crippen molar-refractivity contribution in [3.05, 3.63) is 0 Å². The minimum atomic E-state index is -3.78. The van der Waals surface area contributed by atoms with Crippen LogP contribution in [0.1, 0.15) is 0 Å². The van der Waals surface area contributed by atoms with Gasteiger partial charge in [0.05, 0.1) is 18.9 Å². The summed E-state index contributed by atoms with van der Waals surface area (Å²) in [4.78, 5) is 16.5. The molecule has 0 amide bonds. The van der Waals surface area contributed by atoms with Crippen LogP contribution in [0.5, 0.6) is 0 Å². The van der Waals surface area contributed by atoms with Crippen LogP contribution in [-0.2, 0) is 9.30 Å². The van der Waals surface area contributed by atoms with Crippen molar-refractivity contribution in [3.8, 4) is 0 Å². The second kappa shape index (κ2) is 1.81. The zero-order valence-corrected chi connectivity index (χ0v) is 5.04. The van der Waals surface area contributed by atoms with Crippen LogP contribution in [0, 0.1) is 0 Å². The van der Waals surface area contributed by atoms with Crippen LogP contribution >= 0.6 is 7.60 Å². The van der Waals surface area contributed by atoms with Crippen LogP contribution < -0.4 is 0 Å². The van der Waals surface area contributed by atoms with Crippen LogP contribution in [0.4, 0.5) is 0 Å². The Balaban J connectivity index is 2.26. The molecule has 0 aromatic heterocycles. The summed E-state index contributed by atoms with van der Waals surface area (Å²) in [5, 5.41) is 0. The second-order valence-corrected chi connectivity index (χ2v) is 3.50. The van der Waals surface area contributed by atoms with Gasteiger partial charge in [0.1, 0.15) is 0 Å². The van der Waals surface area contributed by atoms with Gasteiger partial charge < -0.3 is 14.5 Å². The minimum Gasteiger partial charge on any atom is -0.372 e. The number of hydrogen-bond acceptors (Lipinski definition) is 2. The highest BCUT2D eigenvalue weighted by molar-refractivity contribution is 7.51. The summed E-state index contributed by atoms with van der Waals surface area (Å²) < 4.78 is 14.7. The van der Waals surface area contributed by atoms with Crippen molar-refractivity contribution < 1.29 is 19.1 Å². The third-order valence-electron chi connectivity index (χ3n) is 0.844. The van der Waals surface area contributed by atoms with Gasteiger partial charge in [0.2, 0.25) is 0 Å². The van der Waals surface area contributed by atoms with Gasteiger partial charge in [0.15, 0.2) is 0 Å². The first-order valence-electron chi connectivity index (χ1n) is 2.24. The van der Waals surface area contributed by atoms with Gasteiger partial charge in [0, 0.05) is 0 Å². The van der Waals surface area contributed by atoms with Crippen LogP contribution in [0.15, 0.2) is 0 Å². The molecule has 1 heterocycles. The molecule has 1 aliphatic heterocycles. The molecule has 0 radical (unpaired) electrons. The first kappa shape index (κ1) is 6.23. The Hall–Kier alpha value is 0.110. The SMILES string of the molecule is O=P(O)(O)CC1CO1. The molecule has 1 saturated heterocycles. The van der Waals surface area contributed by atoms with E-state index in [-0.39, 0.29) is 12.3 Å². The average Bonchev–Trinajstić information content (AvgIpc) is 2.12. The predicted molar refractivity (Wildman–Crippen MR) is 26.7 cm³/mol. The van der Waals surface area contributed by atoms with Crippen LogP contribution in [0.3, 0.4) is 0 Å². The van der Waals surface area contributed by atoms with E-state index in [1.165, 1.54) is 0 Å². The summed E-state index contributed by atoms with van der Waals surface area (Å²) in [7, 11) is -3.78. The zero-order valence-electron chi connectivity index (χ0n) is 4.15. The van der Waals surface area contributed by atoms with E-state index in [4.69, 9.17) is 9.79 Å². The van der Waals surface area contributed by atoms with E-state index in [1.807, 2.05) is 0 Å². The van der Waals surface area contributed by atoms with Gasteiger partial charge in [-0.05, 0) is 0 Å². The van der Waals surface area contributed by atoms with Crippen molar-refractivity contribution in [3.63, 3.8) is 0 Å². The van der Waals surface area contributed by atoms with E-state index in [1.54, 1.807) is 0 Å². The molecule has 1 unspecified atom stereocenters. The second-order valence-electron chi connectivity index (χ2n) is 1.80. The lowest BCUT2D eigenvalue weighted by Crippen LogP contribution is -1.94. The molecule has 0 aliphatic carbocycles. The normalized spacial score (nSPS) is 28.0. The Morgan fingerprint density at radius 2 is 2.25 bits per heavy atom. The number of epoxide rings is 1. The molecule has 2 N–H and O–H groups in total. The first-order valence-corrected chi connectivity index (χ1v) is 4.04. The fourth-order valence-electron chi connectivity index (χ4n) is 0.439. The highest BCUT2D eigenvalue weighted by atomic mass is 31.2. The van der Waals surface area contributed by atoms with Gasteiger partial charge >= 0.3 is 7.60 Å². The first-order chi connectivity index (χ1) is 3.58. The number of ether oxygens (including phenoxy) is 1. The van der Waals surface area contributed by atoms with E-state index >= 15 is 0 Å². The van der Waals surface area contributed by atoms with Gasteiger partial charge in [-0.1, -0.05) is 0 Å². The molecule has 48 valence electrons. The molecule has 8 heavy (non-hydrogen) atoms. The maximum absolute atomic E-state index is 10.1. The largest absolute Gasteiger partial charge is 0.372 e. The lowest BCUT2D eigenvalue weighted by atomic mass is 10.6. The van der Waals surface area contributed by atoms with Crippen molar-refractivity contribution in [1.29, 1.82) is 0 Å². The van der Waals surface area contributed by atoms with Gasteiger partial charge in [-0.15, -0.1) is 0 Å². The standard InChI is InChI=1S/C3H7O4P/c4-8(5,6)2-3-1-7-3/h3H,1-2H2,(H2,4,5,6). The third kappa shape index (κ3) is 2.43. The average molecular weight is 138 g/mol. The fourth-order valence-corrected chi connectivity index (χ4v) is 1.18. The molecular weight excluding hydrogens is 131 g/mol. The van der Waals surface area contributed by atoms with Crippen molar-refractivity contribution in [1.82, 2.24) is 0 Å². The predicted octanol–water partition coefficient (Wildman–Crippen LogP) is -0.437. The monoisotopic (exact) mass is 138 g/mol. The molecule has 0 spiro atoms. The summed E-state index contributed by atoms with van der Waals surface area (Å²) in [5.41, 5.74) is 0. The maximum atomic E-state index is 10.1. The third-order valence-corrected chi connectivity index (χ3v) is 1.73. The topological polar surface area (TPSA) is 70.1 Å². The Kier molecular flexibility index (Phi) is 1.41. The van der Waals surface area contributed by atoms with Crippen LogP contribution in [0.2, 0.25) is 0 Å². The Labute approximate surface area is 46.6 Å². The van der Waals surface area contributed by atoms with Crippen LogP contribution in [-0.4, -0.2) is 28.7 Å². The molecule has 1 fully saturated rings.